The largest absolute Gasteiger partial charge is 0.481 e. The molecule has 4 nitrogen and oxygen atoms in total. The van der Waals surface area contributed by atoms with Crippen LogP contribution >= 0.6 is 0 Å². The lowest BCUT2D eigenvalue weighted by Crippen LogP contribution is -2.13. The Hall–Kier alpha value is -1.62. The van der Waals surface area contributed by atoms with Gasteiger partial charge in [0.1, 0.15) is 11.6 Å². The number of methoxy groups -OCH3 is 1. The lowest BCUT2D eigenvalue weighted by molar-refractivity contribution is -0.142. The SMILES string of the molecule is COC(=O)COc1cc(F)ccc1C(C)O. The highest BCUT2D eigenvalue weighted by Gasteiger charge is 2.11. The Morgan fingerprint density at radius 1 is 1.56 bits per heavy atom. The number of carbonyl (C=O) groups excluding carboxylic acids is 1. The fourth-order valence-corrected chi connectivity index (χ4v) is 1.17. The molecule has 0 aromatic heterocycles. The Morgan fingerprint density at radius 3 is 2.81 bits per heavy atom. The molecule has 1 aromatic rings. The van der Waals surface area contributed by atoms with Gasteiger partial charge in [0.05, 0.1) is 13.2 Å². The third-order valence-corrected chi connectivity index (χ3v) is 2.00. The van der Waals surface area contributed by atoms with Gasteiger partial charge in [-0.3, -0.25) is 0 Å². The lowest BCUT2D eigenvalue weighted by atomic mass is 10.1. The molecule has 0 saturated carbocycles. The van der Waals surface area contributed by atoms with E-state index in [0.717, 1.165) is 6.07 Å². The minimum Gasteiger partial charge on any atom is -0.481 e. The summed E-state index contributed by atoms with van der Waals surface area (Å²) in [5.74, 6) is -0.925. The number of esters is 1. The monoisotopic (exact) mass is 228 g/mol. The Kier molecular flexibility index (Phi) is 4.25. The maximum Gasteiger partial charge on any atom is 0.343 e. The van der Waals surface area contributed by atoms with E-state index in [2.05, 4.69) is 4.74 Å². The molecular formula is C11H13FO4. The van der Waals surface area contributed by atoms with Gasteiger partial charge in [0.25, 0.3) is 0 Å². The van der Waals surface area contributed by atoms with E-state index in [-0.39, 0.29) is 12.4 Å². The van der Waals surface area contributed by atoms with Gasteiger partial charge in [-0.2, -0.15) is 0 Å². The topological polar surface area (TPSA) is 55.8 Å². The molecule has 5 heteroatoms. The van der Waals surface area contributed by atoms with Gasteiger partial charge < -0.3 is 14.6 Å². The highest BCUT2D eigenvalue weighted by molar-refractivity contribution is 5.70. The molecule has 1 rings (SSSR count). The molecule has 0 radical (unpaired) electrons. The van der Waals surface area contributed by atoms with Gasteiger partial charge in [-0.05, 0) is 19.1 Å². The van der Waals surface area contributed by atoms with Crippen LogP contribution in [0.2, 0.25) is 0 Å². The minimum absolute atomic E-state index is 0.139. The zero-order valence-corrected chi connectivity index (χ0v) is 9.07. The third kappa shape index (κ3) is 3.20. The summed E-state index contributed by atoms with van der Waals surface area (Å²) in [6.07, 6.45) is -0.798. The summed E-state index contributed by atoms with van der Waals surface area (Å²) in [4.78, 5) is 10.8. The molecule has 0 heterocycles. The first-order valence-electron chi connectivity index (χ1n) is 4.71. The molecule has 1 unspecified atom stereocenters. The second kappa shape index (κ2) is 5.46. The van der Waals surface area contributed by atoms with Crippen molar-refractivity contribution in [1.82, 2.24) is 0 Å². The van der Waals surface area contributed by atoms with Crippen molar-refractivity contribution in [2.75, 3.05) is 13.7 Å². The average Bonchev–Trinajstić information content (AvgIpc) is 2.25. The van der Waals surface area contributed by atoms with Gasteiger partial charge in [-0.15, -0.1) is 0 Å². The molecular weight excluding hydrogens is 215 g/mol. The summed E-state index contributed by atoms with van der Waals surface area (Å²) in [6, 6.07) is 3.74. The third-order valence-electron chi connectivity index (χ3n) is 2.00. The van der Waals surface area contributed by atoms with Gasteiger partial charge in [0.15, 0.2) is 6.61 Å². The molecule has 0 fully saturated rings. The maximum absolute atomic E-state index is 12.9. The summed E-state index contributed by atoms with van der Waals surface area (Å²) >= 11 is 0. The van der Waals surface area contributed by atoms with Crippen LogP contribution in [0.5, 0.6) is 5.75 Å². The van der Waals surface area contributed by atoms with Crippen LogP contribution in [0.4, 0.5) is 4.39 Å². The van der Waals surface area contributed by atoms with E-state index >= 15 is 0 Å². The van der Waals surface area contributed by atoms with Crippen molar-refractivity contribution in [2.45, 2.75) is 13.0 Å². The van der Waals surface area contributed by atoms with Crippen molar-refractivity contribution in [2.24, 2.45) is 0 Å². The Morgan fingerprint density at radius 2 is 2.25 bits per heavy atom. The van der Waals surface area contributed by atoms with Crippen LogP contribution in [0.15, 0.2) is 18.2 Å². The number of rotatable bonds is 4. The second-order valence-corrected chi connectivity index (χ2v) is 3.22. The molecule has 0 saturated heterocycles. The number of aliphatic hydroxyl groups excluding tert-OH is 1. The molecule has 1 N–H and O–H groups in total. The van der Waals surface area contributed by atoms with E-state index in [1.54, 1.807) is 0 Å². The van der Waals surface area contributed by atoms with E-state index < -0.39 is 17.9 Å². The van der Waals surface area contributed by atoms with Crippen molar-refractivity contribution in [3.63, 3.8) is 0 Å². The Bertz CT molecular complexity index is 376. The molecule has 16 heavy (non-hydrogen) atoms. The highest BCUT2D eigenvalue weighted by atomic mass is 19.1. The highest BCUT2D eigenvalue weighted by Crippen LogP contribution is 2.25. The van der Waals surface area contributed by atoms with E-state index in [0.29, 0.717) is 5.56 Å². The van der Waals surface area contributed by atoms with Crippen LogP contribution < -0.4 is 4.74 Å². The standard InChI is InChI=1S/C11H13FO4/c1-7(13)9-4-3-8(12)5-10(9)16-6-11(14)15-2/h3-5,7,13H,6H2,1-2H3. The van der Waals surface area contributed by atoms with Crippen LogP contribution in [0.3, 0.4) is 0 Å². The molecule has 0 aliphatic heterocycles. The predicted octanol–water partition coefficient (Wildman–Crippen LogP) is 1.43. The first-order chi connectivity index (χ1) is 7.54. The fourth-order valence-electron chi connectivity index (χ4n) is 1.17. The molecule has 88 valence electrons. The summed E-state index contributed by atoms with van der Waals surface area (Å²) in [5, 5.41) is 9.40. The van der Waals surface area contributed by atoms with E-state index in [9.17, 15) is 14.3 Å². The molecule has 0 bridgehead atoms. The molecule has 0 aliphatic carbocycles. The molecule has 0 aliphatic rings. The van der Waals surface area contributed by atoms with Crippen LogP contribution in [0.25, 0.3) is 0 Å². The van der Waals surface area contributed by atoms with Crippen molar-refractivity contribution < 1.29 is 23.8 Å². The molecule has 0 spiro atoms. The summed E-state index contributed by atoms with van der Waals surface area (Å²) < 4.78 is 22.4. The van der Waals surface area contributed by atoms with E-state index in [1.807, 2.05) is 0 Å². The first-order valence-corrected chi connectivity index (χ1v) is 4.71. The fraction of sp³-hybridized carbons (Fsp3) is 0.364. The number of carbonyl (C=O) groups is 1. The molecule has 1 aromatic carbocycles. The van der Waals surface area contributed by atoms with E-state index in [4.69, 9.17) is 4.74 Å². The maximum atomic E-state index is 12.9. The number of hydrogen-bond donors (Lipinski definition) is 1. The minimum atomic E-state index is -0.798. The zero-order chi connectivity index (χ0) is 12.1. The van der Waals surface area contributed by atoms with Crippen LogP contribution in [-0.4, -0.2) is 24.8 Å². The number of aliphatic hydroxyl groups is 1. The lowest BCUT2D eigenvalue weighted by Gasteiger charge is -2.12. The van der Waals surface area contributed by atoms with Gasteiger partial charge in [-0.1, -0.05) is 0 Å². The van der Waals surface area contributed by atoms with Crippen molar-refractivity contribution in [3.05, 3.63) is 29.6 Å². The van der Waals surface area contributed by atoms with Crippen LogP contribution in [0.1, 0.15) is 18.6 Å². The van der Waals surface area contributed by atoms with Gasteiger partial charge in [0, 0.05) is 11.6 Å². The normalized spacial score (nSPS) is 12.0. The smallest absolute Gasteiger partial charge is 0.343 e. The quantitative estimate of drug-likeness (QED) is 0.792. The number of halogens is 1. The number of hydrogen-bond acceptors (Lipinski definition) is 4. The second-order valence-electron chi connectivity index (χ2n) is 3.22. The summed E-state index contributed by atoms with van der Waals surface area (Å²) in [6.45, 7) is 1.21. The number of benzene rings is 1. The Balaban J connectivity index is 2.84. The van der Waals surface area contributed by atoms with Crippen LogP contribution in [-0.2, 0) is 9.53 Å². The van der Waals surface area contributed by atoms with E-state index in [1.165, 1.54) is 26.2 Å². The van der Waals surface area contributed by atoms with Gasteiger partial charge >= 0.3 is 5.97 Å². The van der Waals surface area contributed by atoms with Gasteiger partial charge in [-0.25, -0.2) is 9.18 Å². The van der Waals surface area contributed by atoms with Gasteiger partial charge in [0.2, 0.25) is 0 Å². The van der Waals surface area contributed by atoms with Crippen molar-refractivity contribution >= 4 is 5.97 Å². The molecule has 0 amide bonds. The Labute approximate surface area is 92.6 Å². The van der Waals surface area contributed by atoms with Crippen molar-refractivity contribution in [3.8, 4) is 5.75 Å². The van der Waals surface area contributed by atoms with Crippen molar-refractivity contribution in [1.29, 1.82) is 0 Å². The number of ether oxygens (including phenoxy) is 2. The first kappa shape index (κ1) is 12.4. The summed E-state index contributed by atoms with van der Waals surface area (Å²) in [5.41, 5.74) is 0.422. The predicted molar refractivity (Wildman–Crippen MR) is 54.5 cm³/mol. The van der Waals surface area contributed by atoms with Crippen LogP contribution in [0, 0.1) is 5.82 Å². The molecule has 1 atom stereocenters. The summed E-state index contributed by atoms with van der Waals surface area (Å²) in [7, 11) is 1.23. The zero-order valence-electron chi connectivity index (χ0n) is 9.07. The average molecular weight is 228 g/mol.